The number of carbonyl (C=O) groups excluding carboxylic acids is 4. The van der Waals surface area contributed by atoms with Crippen LogP contribution in [0.15, 0.2) is 0 Å². The number of esters is 4. The van der Waals surface area contributed by atoms with Gasteiger partial charge in [0.05, 0.1) is 5.92 Å². The van der Waals surface area contributed by atoms with Crippen LogP contribution >= 0.6 is 0 Å². The van der Waals surface area contributed by atoms with E-state index in [9.17, 15) is 19.2 Å². The summed E-state index contributed by atoms with van der Waals surface area (Å²) in [5.74, 6) is -1.34. The first-order valence-corrected chi connectivity index (χ1v) is 21.0. The van der Waals surface area contributed by atoms with Gasteiger partial charge in [-0.05, 0) is 64.6 Å². The van der Waals surface area contributed by atoms with E-state index in [4.69, 9.17) is 18.9 Å². The van der Waals surface area contributed by atoms with Crippen LogP contribution in [0.4, 0.5) is 0 Å². The molecule has 298 valence electrons. The van der Waals surface area contributed by atoms with Crippen molar-refractivity contribution in [3.05, 3.63) is 0 Å². The largest absolute Gasteiger partial charge is 0.465 e. The van der Waals surface area contributed by atoms with E-state index in [1.807, 2.05) is 25.9 Å². The normalized spacial score (nSPS) is 17.2. The fourth-order valence-electron chi connectivity index (χ4n) is 6.78. The standard InChI is InChI=1S/C42H77NO8/c1-6-8-10-12-14-16-18-20-22-25-39(44)48-32-36(33-49-40(45)26-23-21-19-17-15-13-11-9-7-2)34-50-42(47)31-37-28-29-38(35(37)3)51-41(46)27-24-30-43(4)5/h35-38H,6-34H2,1-5H3. The average molecular weight is 724 g/mol. The average Bonchev–Trinajstić information content (AvgIpc) is 3.43. The van der Waals surface area contributed by atoms with Gasteiger partial charge in [0.25, 0.3) is 0 Å². The summed E-state index contributed by atoms with van der Waals surface area (Å²) in [4.78, 5) is 52.3. The maximum Gasteiger partial charge on any atom is 0.306 e. The van der Waals surface area contributed by atoms with E-state index < -0.39 is 5.92 Å². The summed E-state index contributed by atoms with van der Waals surface area (Å²) in [5.41, 5.74) is 0. The van der Waals surface area contributed by atoms with Crippen molar-refractivity contribution >= 4 is 23.9 Å². The minimum Gasteiger partial charge on any atom is -0.465 e. The van der Waals surface area contributed by atoms with Gasteiger partial charge in [-0.15, -0.1) is 0 Å². The topological polar surface area (TPSA) is 108 Å². The Bertz CT molecular complexity index is 871. The lowest BCUT2D eigenvalue weighted by Crippen LogP contribution is -2.28. The summed E-state index contributed by atoms with van der Waals surface area (Å²) in [5, 5.41) is 0. The molecule has 0 aromatic rings. The number of hydrogen-bond acceptors (Lipinski definition) is 9. The van der Waals surface area contributed by atoms with Gasteiger partial charge < -0.3 is 23.8 Å². The van der Waals surface area contributed by atoms with E-state index in [2.05, 4.69) is 13.8 Å². The molecular weight excluding hydrogens is 646 g/mol. The third-order valence-electron chi connectivity index (χ3n) is 10.3. The van der Waals surface area contributed by atoms with Crippen molar-refractivity contribution in [3.63, 3.8) is 0 Å². The lowest BCUT2D eigenvalue weighted by molar-refractivity contribution is -0.154. The molecule has 3 atom stereocenters. The van der Waals surface area contributed by atoms with Crippen molar-refractivity contribution in [2.24, 2.45) is 17.8 Å². The Hall–Kier alpha value is -2.16. The fourth-order valence-corrected chi connectivity index (χ4v) is 6.78. The lowest BCUT2D eigenvalue weighted by atomic mass is 9.94. The molecule has 0 radical (unpaired) electrons. The number of ether oxygens (including phenoxy) is 4. The second-order valence-electron chi connectivity index (χ2n) is 15.4. The zero-order valence-corrected chi connectivity index (χ0v) is 33.5. The molecule has 1 rings (SSSR count). The molecular formula is C42H77NO8. The highest BCUT2D eigenvalue weighted by Gasteiger charge is 2.36. The van der Waals surface area contributed by atoms with Gasteiger partial charge in [0.1, 0.15) is 25.9 Å². The van der Waals surface area contributed by atoms with Crippen LogP contribution in [0.25, 0.3) is 0 Å². The quantitative estimate of drug-likeness (QED) is 0.0371. The van der Waals surface area contributed by atoms with Crippen molar-refractivity contribution in [2.75, 3.05) is 40.5 Å². The third-order valence-corrected chi connectivity index (χ3v) is 10.3. The smallest absolute Gasteiger partial charge is 0.306 e. The predicted molar refractivity (Wildman–Crippen MR) is 204 cm³/mol. The Morgan fingerprint density at radius 1 is 0.549 bits per heavy atom. The minimum absolute atomic E-state index is 0.0147. The van der Waals surface area contributed by atoms with Gasteiger partial charge in [0, 0.05) is 25.7 Å². The molecule has 1 aliphatic rings. The van der Waals surface area contributed by atoms with Crippen molar-refractivity contribution in [2.45, 2.75) is 187 Å². The number of nitrogens with zero attached hydrogens (tertiary/aromatic N) is 1. The van der Waals surface area contributed by atoms with Crippen molar-refractivity contribution in [1.29, 1.82) is 0 Å². The van der Waals surface area contributed by atoms with Crippen LogP contribution < -0.4 is 0 Å². The molecule has 0 amide bonds. The van der Waals surface area contributed by atoms with Crippen LogP contribution in [0.2, 0.25) is 0 Å². The first kappa shape index (κ1) is 46.9. The summed E-state index contributed by atoms with van der Waals surface area (Å²) in [6, 6.07) is 0. The van der Waals surface area contributed by atoms with Gasteiger partial charge in [0.15, 0.2) is 0 Å². The molecule has 0 spiro atoms. The second kappa shape index (κ2) is 31.4. The number of rotatable bonds is 33. The molecule has 9 nitrogen and oxygen atoms in total. The molecule has 51 heavy (non-hydrogen) atoms. The van der Waals surface area contributed by atoms with E-state index in [0.29, 0.717) is 19.3 Å². The van der Waals surface area contributed by atoms with Crippen LogP contribution in [-0.2, 0) is 38.1 Å². The van der Waals surface area contributed by atoms with Crippen molar-refractivity contribution in [3.8, 4) is 0 Å². The zero-order chi connectivity index (χ0) is 37.5. The number of unbranched alkanes of at least 4 members (excludes halogenated alkanes) is 16. The molecule has 9 heteroatoms. The van der Waals surface area contributed by atoms with Crippen molar-refractivity contribution in [1.82, 2.24) is 4.90 Å². The van der Waals surface area contributed by atoms with Gasteiger partial charge in [-0.3, -0.25) is 19.2 Å². The molecule has 1 saturated carbocycles. The lowest BCUT2D eigenvalue weighted by Gasteiger charge is -2.21. The number of carbonyl (C=O) groups is 4. The summed E-state index contributed by atoms with van der Waals surface area (Å²) >= 11 is 0. The summed E-state index contributed by atoms with van der Waals surface area (Å²) in [6.45, 7) is 7.42. The summed E-state index contributed by atoms with van der Waals surface area (Å²) < 4.78 is 22.5. The first-order valence-electron chi connectivity index (χ1n) is 21.0. The van der Waals surface area contributed by atoms with Crippen LogP contribution in [0, 0.1) is 17.8 Å². The zero-order valence-electron chi connectivity index (χ0n) is 33.5. The predicted octanol–water partition coefficient (Wildman–Crippen LogP) is 9.76. The Balaban J connectivity index is 2.47. The van der Waals surface area contributed by atoms with Gasteiger partial charge in [-0.25, -0.2) is 0 Å². The SMILES string of the molecule is CCCCCCCCCCCC(=O)OCC(COC(=O)CCCCCCCCCCC)COC(=O)CC1CCC(OC(=O)CCCN(C)C)C1C. The van der Waals surface area contributed by atoms with Crippen LogP contribution in [0.1, 0.15) is 181 Å². The van der Waals surface area contributed by atoms with E-state index >= 15 is 0 Å². The molecule has 0 aliphatic heterocycles. The summed E-state index contributed by atoms with van der Waals surface area (Å²) in [6.07, 6.45) is 24.6. The minimum atomic E-state index is -0.426. The van der Waals surface area contributed by atoms with Crippen molar-refractivity contribution < 1.29 is 38.1 Å². The molecule has 0 heterocycles. The Labute approximate surface area is 312 Å². The van der Waals surface area contributed by atoms with Gasteiger partial charge in [0.2, 0.25) is 0 Å². The molecule has 3 unspecified atom stereocenters. The maximum atomic E-state index is 12.9. The first-order chi connectivity index (χ1) is 24.7. The third kappa shape index (κ3) is 26.3. The van der Waals surface area contributed by atoms with E-state index in [-0.39, 0.29) is 68.1 Å². The van der Waals surface area contributed by atoms with Gasteiger partial charge >= 0.3 is 23.9 Å². The number of hydrogen-bond donors (Lipinski definition) is 0. The monoisotopic (exact) mass is 724 g/mol. The molecule has 0 aromatic carbocycles. The Kier molecular flexibility index (Phi) is 28.8. The van der Waals surface area contributed by atoms with Crippen LogP contribution in [-0.4, -0.2) is 75.3 Å². The highest BCUT2D eigenvalue weighted by atomic mass is 16.6. The van der Waals surface area contributed by atoms with Crippen LogP contribution in [0.5, 0.6) is 0 Å². The Morgan fingerprint density at radius 3 is 1.41 bits per heavy atom. The van der Waals surface area contributed by atoms with E-state index in [1.165, 1.54) is 77.0 Å². The molecule has 1 fully saturated rings. The Morgan fingerprint density at radius 2 is 0.961 bits per heavy atom. The van der Waals surface area contributed by atoms with Crippen LogP contribution in [0.3, 0.4) is 0 Å². The highest BCUT2D eigenvalue weighted by molar-refractivity contribution is 5.71. The molecule has 0 bridgehead atoms. The van der Waals surface area contributed by atoms with Gasteiger partial charge in [-0.2, -0.15) is 0 Å². The second-order valence-corrected chi connectivity index (χ2v) is 15.4. The highest BCUT2D eigenvalue weighted by Crippen LogP contribution is 2.36. The molecule has 0 aromatic heterocycles. The summed E-state index contributed by atoms with van der Waals surface area (Å²) in [7, 11) is 3.96. The van der Waals surface area contributed by atoms with Gasteiger partial charge in [-0.1, -0.05) is 124 Å². The maximum absolute atomic E-state index is 12.9. The molecule has 1 aliphatic carbocycles. The van der Waals surface area contributed by atoms with E-state index in [1.54, 1.807) is 0 Å². The molecule has 0 N–H and O–H groups in total. The van der Waals surface area contributed by atoms with E-state index in [0.717, 1.165) is 64.3 Å². The molecule has 0 saturated heterocycles. The fraction of sp³-hybridized carbons (Fsp3) is 0.905.